The van der Waals surface area contributed by atoms with Crippen LogP contribution in [0.1, 0.15) is 43.7 Å². The van der Waals surface area contributed by atoms with Gasteiger partial charge < -0.3 is 9.47 Å². The Morgan fingerprint density at radius 3 is 1.62 bits per heavy atom. The van der Waals surface area contributed by atoms with Gasteiger partial charge in [-0.2, -0.15) is 10.5 Å². The van der Waals surface area contributed by atoms with Crippen LogP contribution in [0.4, 0.5) is 0 Å². The monoisotopic (exact) mass is 320 g/mol. The molecule has 0 amide bonds. The van der Waals surface area contributed by atoms with Gasteiger partial charge in [-0.15, -0.1) is 0 Å². The first-order valence-electron chi connectivity index (χ1n) is 8.08. The molecule has 2 aromatic rings. The van der Waals surface area contributed by atoms with E-state index in [4.69, 9.17) is 20.0 Å². The van der Waals surface area contributed by atoms with Crippen molar-refractivity contribution in [2.45, 2.75) is 38.9 Å². The molecule has 0 saturated heterocycles. The molecule has 0 aliphatic heterocycles. The molecule has 0 bridgehead atoms. The Kier molecular flexibility index (Phi) is 6.68. The molecule has 2 rings (SSSR count). The largest absolute Gasteiger partial charge is 0.455 e. The predicted molar refractivity (Wildman–Crippen MR) is 91.5 cm³/mol. The van der Waals surface area contributed by atoms with Crippen molar-refractivity contribution in [3.05, 3.63) is 59.7 Å². The van der Waals surface area contributed by atoms with Crippen LogP contribution in [0.15, 0.2) is 48.5 Å². The van der Waals surface area contributed by atoms with Crippen molar-refractivity contribution in [2.75, 3.05) is 0 Å². The fourth-order valence-corrected chi connectivity index (χ4v) is 2.22. The van der Waals surface area contributed by atoms with Gasteiger partial charge in [-0.25, -0.2) is 0 Å². The third kappa shape index (κ3) is 5.34. The van der Waals surface area contributed by atoms with Gasteiger partial charge in [0, 0.05) is 6.42 Å². The molecular formula is C20H20N2O2. The van der Waals surface area contributed by atoms with Crippen LogP contribution in [-0.2, 0) is 0 Å². The Morgan fingerprint density at radius 2 is 1.25 bits per heavy atom. The van der Waals surface area contributed by atoms with Crippen LogP contribution in [0, 0.1) is 22.7 Å². The molecule has 0 unspecified atom stereocenters. The first kappa shape index (κ1) is 17.4. The summed E-state index contributed by atoms with van der Waals surface area (Å²) in [6.45, 7) is 2.15. The van der Waals surface area contributed by atoms with Crippen molar-refractivity contribution in [3.63, 3.8) is 0 Å². The van der Waals surface area contributed by atoms with Gasteiger partial charge in [0.1, 0.15) is 11.5 Å². The second kappa shape index (κ2) is 9.22. The lowest BCUT2D eigenvalue weighted by Crippen LogP contribution is -2.24. The summed E-state index contributed by atoms with van der Waals surface area (Å²) in [4.78, 5) is 0. The van der Waals surface area contributed by atoms with Crippen molar-refractivity contribution in [1.82, 2.24) is 0 Å². The fourth-order valence-electron chi connectivity index (χ4n) is 2.22. The average molecular weight is 320 g/mol. The summed E-state index contributed by atoms with van der Waals surface area (Å²) in [5.41, 5.74) is 1.19. The van der Waals surface area contributed by atoms with Crippen LogP contribution in [-0.4, -0.2) is 6.29 Å². The highest BCUT2D eigenvalue weighted by Gasteiger charge is 2.12. The Hall–Kier alpha value is -2.98. The Balaban J connectivity index is 2.04. The number of nitrogens with zero attached hydrogens (tertiary/aromatic N) is 2. The zero-order valence-electron chi connectivity index (χ0n) is 13.7. The molecule has 4 heteroatoms. The van der Waals surface area contributed by atoms with Gasteiger partial charge in [0.2, 0.25) is 6.29 Å². The molecule has 0 aliphatic rings. The van der Waals surface area contributed by atoms with Gasteiger partial charge >= 0.3 is 0 Å². The van der Waals surface area contributed by atoms with E-state index >= 15 is 0 Å². The maximum Gasteiger partial charge on any atom is 0.241 e. The molecule has 122 valence electrons. The van der Waals surface area contributed by atoms with Crippen molar-refractivity contribution >= 4 is 0 Å². The molecule has 0 heterocycles. The lowest BCUT2D eigenvalue weighted by Gasteiger charge is -2.20. The Bertz CT molecular complexity index is 650. The summed E-state index contributed by atoms with van der Waals surface area (Å²) >= 11 is 0. The molecular weight excluding hydrogens is 300 g/mol. The summed E-state index contributed by atoms with van der Waals surface area (Å²) in [5.74, 6) is 1.34. The molecule has 0 N–H and O–H groups in total. The zero-order chi connectivity index (χ0) is 17.2. The van der Waals surface area contributed by atoms with E-state index in [1.54, 1.807) is 48.5 Å². The summed E-state index contributed by atoms with van der Waals surface area (Å²) in [6, 6.07) is 18.1. The number of rotatable bonds is 8. The summed E-state index contributed by atoms with van der Waals surface area (Å²) in [5, 5.41) is 17.7. The third-order valence-electron chi connectivity index (χ3n) is 3.55. The molecule has 2 aromatic carbocycles. The van der Waals surface area contributed by atoms with Gasteiger partial charge in [-0.05, 0) is 55.0 Å². The van der Waals surface area contributed by atoms with Gasteiger partial charge in [0.05, 0.1) is 23.3 Å². The minimum atomic E-state index is -0.405. The molecule has 0 aromatic heterocycles. The lowest BCUT2D eigenvalue weighted by atomic mass is 10.2. The van der Waals surface area contributed by atoms with Gasteiger partial charge in [0.25, 0.3) is 0 Å². The van der Waals surface area contributed by atoms with Crippen molar-refractivity contribution < 1.29 is 9.47 Å². The SMILES string of the molecule is CCCCCC(Oc1ccc(C#N)cc1)Oc1ccc(C#N)cc1. The molecule has 0 aliphatic carbocycles. The quantitative estimate of drug-likeness (QED) is 0.518. The molecule has 0 radical (unpaired) electrons. The summed E-state index contributed by atoms with van der Waals surface area (Å²) in [7, 11) is 0. The number of nitriles is 2. The van der Waals surface area contributed by atoms with E-state index in [0.717, 1.165) is 25.7 Å². The Labute approximate surface area is 142 Å². The van der Waals surface area contributed by atoms with Gasteiger partial charge in [-0.3, -0.25) is 0 Å². The number of hydrogen-bond acceptors (Lipinski definition) is 4. The van der Waals surface area contributed by atoms with Crippen LogP contribution in [0.5, 0.6) is 11.5 Å². The number of benzene rings is 2. The first-order chi connectivity index (χ1) is 11.7. The van der Waals surface area contributed by atoms with Crippen LogP contribution in [0.25, 0.3) is 0 Å². The van der Waals surface area contributed by atoms with Gasteiger partial charge in [0.15, 0.2) is 0 Å². The highest BCUT2D eigenvalue weighted by Crippen LogP contribution is 2.20. The normalized spacial score (nSPS) is 10.0. The van der Waals surface area contributed by atoms with Crippen LogP contribution >= 0.6 is 0 Å². The summed E-state index contributed by atoms with van der Waals surface area (Å²) < 4.78 is 11.8. The third-order valence-corrected chi connectivity index (χ3v) is 3.55. The van der Waals surface area contributed by atoms with Crippen molar-refractivity contribution in [2.24, 2.45) is 0 Å². The topological polar surface area (TPSA) is 66.0 Å². The van der Waals surface area contributed by atoms with E-state index < -0.39 is 6.29 Å². The van der Waals surface area contributed by atoms with E-state index in [0.29, 0.717) is 22.6 Å². The van der Waals surface area contributed by atoms with Crippen molar-refractivity contribution in [1.29, 1.82) is 10.5 Å². The maximum atomic E-state index is 8.85. The van der Waals surface area contributed by atoms with E-state index in [-0.39, 0.29) is 0 Å². The van der Waals surface area contributed by atoms with Crippen molar-refractivity contribution in [3.8, 4) is 23.6 Å². The lowest BCUT2D eigenvalue weighted by molar-refractivity contribution is -0.00237. The average Bonchev–Trinajstić information content (AvgIpc) is 2.63. The highest BCUT2D eigenvalue weighted by molar-refractivity contribution is 5.35. The van der Waals surface area contributed by atoms with Crippen LogP contribution in [0.2, 0.25) is 0 Å². The van der Waals surface area contributed by atoms with Crippen LogP contribution in [0.3, 0.4) is 0 Å². The summed E-state index contributed by atoms with van der Waals surface area (Å²) in [6.07, 6.45) is 3.61. The predicted octanol–water partition coefficient (Wildman–Crippen LogP) is 4.79. The van der Waals surface area contributed by atoms with E-state index in [2.05, 4.69) is 19.1 Å². The van der Waals surface area contributed by atoms with Crippen LogP contribution < -0.4 is 9.47 Å². The minimum absolute atomic E-state index is 0.405. The molecule has 4 nitrogen and oxygen atoms in total. The second-order valence-electron chi connectivity index (χ2n) is 5.43. The minimum Gasteiger partial charge on any atom is -0.455 e. The van der Waals surface area contributed by atoms with Gasteiger partial charge in [-0.1, -0.05) is 19.8 Å². The molecule has 0 atom stereocenters. The van der Waals surface area contributed by atoms with E-state index in [1.807, 2.05) is 0 Å². The second-order valence-corrected chi connectivity index (χ2v) is 5.43. The molecule has 0 fully saturated rings. The number of hydrogen-bond donors (Lipinski definition) is 0. The maximum absolute atomic E-state index is 8.85. The Morgan fingerprint density at radius 1 is 0.792 bits per heavy atom. The molecule has 0 spiro atoms. The number of ether oxygens (including phenoxy) is 2. The zero-order valence-corrected chi connectivity index (χ0v) is 13.7. The highest BCUT2D eigenvalue weighted by atomic mass is 16.7. The van der Waals surface area contributed by atoms with E-state index in [9.17, 15) is 0 Å². The molecule has 24 heavy (non-hydrogen) atoms. The van der Waals surface area contributed by atoms with E-state index in [1.165, 1.54) is 0 Å². The standard InChI is InChI=1S/C20H20N2O2/c1-2-3-4-5-20(23-18-10-6-16(14-21)7-11-18)24-19-12-8-17(15-22)9-13-19/h6-13,20H,2-5H2,1H3. The molecule has 0 saturated carbocycles. The fraction of sp³-hybridized carbons (Fsp3) is 0.300. The first-order valence-corrected chi connectivity index (χ1v) is 8.08. The number of unbranched alkanes of at least 4 members (excludes halogenated alkanes) is 2. The smallest absolute Gasteiger partial charge is 0.241 e.